The predicted octanol–water partition coefficient (Wildman–Crippen LogP) is 2.84. The molecule has 2 unspecified atom stereocenters. The summed E-state index contributed by atoms with van der Waals surface area (Å²) in [6, 6.07) is 8.29. The average molecular weight is 333 g/mol. The van der Waals surface area contributed by atoms with Gasteiger partial charge in [0.15, 0.2) is 0 Å². The highest BCUT2D eigenvalue weighted by molar-refractivity contribution is 6.38. The van der Waals surface area contributed by atoms with E-state index in [1.54, 1.807) is 20.8 Å². The molecule has 1 aromatic carbocycles. The van der Waals surface area contributed by atoms with E-state index in [1.807, 2.05) is 44.2 Å². The second-order valence-electron chi connectivity index (χ2n) is 7.23. The second-order valence-corrected chi connectivity index (χ2v) is 7.23. The fourth-order valence-corrected chi connectivity index (χ4v) is 2.36. The number of ether oxygens (including phenoxy) is 1. The van der Waals surface area contributed by atoms with Gasteiger partial charge in [-0.15, -0.1) is 0 Å². The molecule has 0 aliphatic carbocycles. The molecule has 0 heterocycles. The Labute approximate surface area is 143 Å². The van der Waals surface area contributed by atoms with E-state index in [4.69, 9.17) is 4.74 Å². The van der Waals surface area contributed by atoms with Crippen LogP contribution in [0, 0.1) is 5.92 Å². The van der Waals surface area contributed by atoms with Crippen molar-refractivity contribution in [3.63, 3.8) is 0 Å². The third kappa shape index (κ3) is 5.80. The van der Waals surface area contributed by atoms with Crippen LogP contribution in [0.25, 0.3) is 0 Å². The molecule has 0 bridgehead atoms. The van der Waals surface area contributed by atoms with Crippen molar-refractivity contribution in [1.82, 2.24) is 5.32 Å². The number of Topliss-reactive ketones (excluding diaryl/α,β-unsaturated/α-hetero) is 1. The molecule has 132 valence electrons. The molecule has 0 fully saturated rings. The quantitative estimate of drug-likeness (QED) is 0.642. The maximum atomic E-state index is 12.6. The van der Waals surface area contributed by atoms with Gasteiger partial charge in [-0.05, 0) is 39.2 Å². The summed E-state index contributed by atoms with van der Waals surface area (Å²) in [7, 11) is 0. The van der Waals surface area contributed by atoms with Crippen molar-refractivity contribution in [2.75, 3.05) is 0 Å². The molecule has 1 amide bonds. The Morgan fingerprint density at radius 2 is 1.54 bits per heavy atom. The Balaban J connectivity index is 2.82. The van der Waals surface area contributed by atoms with Gasteiger partial charge in [0.05, 0.1) is 5.92 Å². The summed E-state index contributed by atoms with van der Waals surface area (Å²) < 4.78 is 5.21. The van der Waals surface area contributed by atoms with Crippen LogP contribution in [0.1, 0.15) is 53.0 Å². The van der Waals surface area contributed by atoms with Crippen molar-refractivity contribution in [1.29, 1.82) is 0 Å². The van der Waals surface area contributed by atoms with E-state index < -0.39 is 35.2 Å². The molecule has 0 radical (unpaired) electrons. The van der Waals surface area contributed by atoms with Crippen LogP contribution in [0.3, 0.4) is 0 Å². The lowest BCUT2D eigenvalue weighted by molar-refractivity contribution is -0.158. The Bertz CT molecular complexity index is 587. The van der Waals surface area contributed by atoms with E-state index in [2.05, 4.69) is 5.32 Å². The topological polar surface area (TPSA) is 72.5 Å². The van der Waals surface area contributed by atoms with Gasteiger partial charge in [-0.1, -0.05) is 44.2 Å². The Hall–Kier alpha value is -2.17. The van der Waals surface area contributed by atoms with Crippen molar-refractivity contribution >= 4 is 17.7 Å². The Morgan fingerprint density at radius 3 is 2.00 bits per heavy atom. The number of nitrogens with one attached hydrogen (secondary N) is 1. The molecular formula is C19H27NO4. The number of carbonyl (C=O) groups is 3. The lowest BCUT2D eigenvalue weighted by Gasteiger charge is -2.24. The SMILES string of the molecule is CC(NC(=O)C(=O)C(c1ccccc1)C(C)C)C(=O)OC(C)(C)C. The van der Waals surface area contributed by atoms with Gasteiger partial charge in [-0.2, -0.15) is 0 Å². The standard InChI is InChI=1S/C19H27NO4/c1-12(2)15(14-10-8-7-9-11-14)16(21)17(22)20-13(3)18(23)24-19(4,5)6/h7-13,15H,1-6H3,(H,20,22). The lowest BCUT2D eigenvalue weighted by atomic mass is 9.84. The minimum absolute atomic E-state index is 0.0394. The van der Waals surface area contributed by atoms with Crippen molar-refractivity contribution in [3.05, 3.63) is 35.9 Å². The Kier molecular flexibility index (Phi) is 6.70. The summed E-state index contributed by atoms with van der Waals surface area (Å²) in [4.78, 5) is 36.8. The van der Waals surface area contributed by atoms with Crippen molar-refractivity contribution in [2.24, 2.45) is 5.92 Å². The van der Waals surface area contributed by atoms with E-state index in [-0.39, 0.29) is 5.92 Å². The summed E-state index contributed by atoms with van der Waals surface area (Å²) in [5.41, 5.74) is 0.141. The zero-order chi connectivity index (χ0) is 18.5. The second kappa shape index (κ2) is 8.08. The highest BCUT2D eigenvalue weighted by Crippen LogP contribution is 2.25. The zero-order valence-corrected chi connectivity index (χ0v) is 15.3. The summed E-state index contributed by atoms with van der Waals surface area (Å²) in [5, 5.41) is 2.44. The largest absolute Gasteiger partial charge is 0.458 e. The molecule has 1 rings (SSSR count). The molecule has 24 heavy (non-hydrogen) atoms. The van der Waals surface area contributed by atoms with E-state index in [0.29, 0.717) is 0 Å². The monoisotopic (exact) mass is 333 g/mol. The number of amides is 1. The van der Waals surface area contributed by atoms with Gasteiger partial charge >= 0.3 is 5.97 Å². The molecule has 0 aliphatic rings. The first-order chi connectivity index (χ1) is 11.0. The highest BCUT2D eigenvalue weighted by Gasteiger charge is 2.32. The minimum atomic E-state index is -0.885. The van der Waals surface area contributed by atoms with Crippen molar-refractivity contribution in [3.8, 4) is 0 Å². The van der Waals surface area contributed by atoms with E-state index in [0.717, 1.165) is 5.56 Å². The maximum absolute atomic E-state index is 12.6. The van der Waals surface area contributed by atoms with Crippen molar-refractivity contribution < 1.29 is 19.1 Å². The van der Waals surface area contributed by atoms with Gasteiger partial charge in [0.1, 0.15) is 11.6 Å². The van der Waals surface area contributed by atoms with Crippen LogP contribution in [0.4, 0.5) is 0 Å². The van der Waals surface area contributed by atoms with E-state index in [9.17, 15) is 14.4 Å². The predicted molar refractivity (Wildman–Crippen MR) is 92.5 cm³/mol. The fourth-order valence-electron chi connectivity index (χ4n) is 2.36. The van der Waals surface area contributed by atoms with Gasteiger partial charge in [-0.3, -0.25) is 9.59 Å². The van der Waals surface area contributed by atoms with Crippen LogP contribution in [-0.4, -0.2) is 29.3 Å². The summed E-state index contributed by atoms with van der Waals surface area (Å²) in [6.07, 6.45) is 0. The van der Waals surface area contributed by atoms with Crippen LogP contribution < -0.4 is 5.32 Å². The summed E-state index contributed by atoms with van der Waals surface area (Å²) in [5.74, 6) is -2.47. The molecular weight excluding hydrogens is 306 g/mol. The number of rotatable bonds is 6. The first kappa shape index (κ1) is 19.9. The molecule has 1 aromatic rings. The average Bonchev–Trinajstić information content (AvgIpc) is 2.46. The number of benzene rings is 1. The van der Waals surface area contributed by atoms with Gasteiger partial charge in [0.25, 0.3) is 5.91 Å². The molecule has 0 saturated heterocycles. The summed E-state index contributed by atoms with van der Waals surface area (Å²) >= 11 is 0. The molecule has 5 heteroatoms. The van der Waals surface area contributed by atoms with Crippen LogP contribution in [0.2, 0.25) is 0 Å². The van der Waals surface area contributed by atoms with Crippen LogP contribution in [0.5, 0.6) is 0 Å². The minimum Gasteiger partial charge on any atom is -0.458 e. The van der Waals surface area contributed by atoms with Crippen LogP contribution >= 0.6 is 0 Å². The van der Waals surface area contributed by atoms with E-state index >= 15 is 0 Å². The lowest BCUT2D eigenvalue weighted by Crippen LogP contribution is -2.46. The maximum Gasteiger partial charge on any atom is 0.328 e. The number of carbonyl (C=O) groups excluding carboxylic acids is 3. The number of hydrogen-bond acceptors (Lipinski definition) is 4. The molecule has 2 atom stereocenters. The molecule has 0 aliphatic heterocycles. The molecule has 0 saturated carbocycles. The molecule has 5 nitrogen and oxygen atoms in total. The molecule has 1 N–H and O–H groups in total. The number of esters is 1. The van der Waals surface area contributed by atoms with Gasteiger partial charge in [0.2, 0.25) is 5.78 Å². The highest BCUT2D eigenvalue weighted by atomic mass is 16.6. The zero-order valence-electron chi connectivity index (χ0n) is 15.3. The fraction of sp³-hybridized carbons (Fsp3) is 0.526. The van der Waals surface area contributed by atoms with Gasteiger partial charge in [0, 0.05) is 0 Å². The summed E-state index contributed by atoms with van der Waals surface area (Å²) in [6.45, 7) is 10.5. The molecule has 0 spiro atoms. The first-order valence-corrected chi connectivity index (χ1v) is 8.15. The third-order valence-corrected chi connectivity index (χ3v) is 3.44. The normalized spacial score (nSPS) is 14.0. The van der Waals surface area contributed by atoms with Crippen molar-refractivity contribution in [2.45, 2.75) is 59.1 Å². The third-order valence-electron chi connectivity index (χ3n) is 3.44. The van der Waals surface area contributed by atoms with Crippen LogP contribution in [-0.2, 0) is 19.1 Å². The number of hydrogen-bond donors (Lipinski definition) is 1. The molecule has 0 aromatic heterocycles. The van der Waals surface area contributed by atoms with Gasteiger partial charge in [-0.25, -0.2) is 4.79 Å². The number of ketones is 1. The van der Waals surface area contributed by atoms with E-state index in [1.165, 1.54) is 6.92 Å². The smallest absolute Gasteiger partial charge is 0.328 e. The van der Waals surface area contributed by atoms with Gasteiger partial charge < -0.3 is 10.1 Å². The van der Waals surface area contributed by atoms with Crippen LogP contribution in [0.15, 0.2) is 30.3 Å². The first-order valence-electron chi connectivity index (χ1n) is 8.15. The Morgan fingerprint density at radius 1 is 1.00 bits per heavy atom.